The molecule has 2 aromatic rings. The molecule has 1 aromatic heterocycles. The third-order valence-electron chi connectivity index (χ3n) is 3.50. The van der Waals surface area contributed by atoms with Crippen LogP contribution in [0.25, 0.3) is 11.1 Å². The van der Waals surface area contributed by atoms with Crippen molar-refractivity contribution in [2.24, 2.45) is 0 Å². The summed E-state index contributed by atoms with van der Waals surface area (Å²) >= 11 is 0. The van der Waals surface area contributed by atoms with Crippen molar-refractivity contribution in [2.75, 3.05) is 44.9 Å². The smallest absolute Gasteiger partial charge is 0.221 e. The van der Waals surface area contributed by atoms with Crippen LogP contribution in [-0.4, -0.2) is 50.6 Å². The molecule has 1 heterocycles. The second-order valence-corrected chi connectivity index (χ2v) is 5.44. The molecule has 6 nitrogen and oxygen atoms in total. The molecule has 0 aliphatic rings. The van der Waals surface area contributed by atoms with Gasteiger partial charge in [-0.25, -0.2) is 4.98 Å². The number of aromatic nitrogens is 1. The minimum atomic E-state index is 0.511. The van der Waals surface area contributed by atoms with Gasteiger partial charge >= 0.3 is 0 Å². The number of ether oxygens (including phenoxy) is 1. The first kappa shape index (κ1) is 16.8. The fourth-order valence-corrected chi connectivity index (χ4v) is 2.31. The van der Waals surface area contributed by atoms with Crippen LogP contribution in [0.15, 0.2) is 36.5 Å². The normalized spacial score (nSPS) is 10.6. The van der Waals surface area contributed by atoms with E-state index >= 15 is 0 Å². The monoisotopic (exact) mass is 314 g/mol. The van der Waals surface area contributed by atoms with Crippen molar-refractivity contribution in [1.29, 1.82) is 0 Å². The Kier molecular flexibility index (Phi) is 5.54. The van der Waals surface area contributed by atoms with E-state index in [-0.39, 0.29) is 0 Å². The maximum atomic E-state index is 11.6. The standard InChI is InChI=1S/C17H22N4O2/c1-20(2)9-10-21(12-22)16-11-13(18)6-7-14(16)15-5-4-8-19-17(15)23-3/h4-8,11-12H,9-10,18H2,1-3H3. The van der Waals surface area contributed by atoms with E-state index in [1.165, 1.54) is 0 Å². The Morgan fingerprint density at radius 1 is 1.22 bits per heavy atom. The van der Waals surface area contributed by atoms with Crippen molar-refractivity contribution >= 4 is 17.8 Å². The Labute approximate surface area is 136 Å². The van der Waals surface area contributed by atoms with Crippen LogP contribution < -0.4 is 15.4 Å². The molecule has 0 radical (unpaired) electrons. The summed E-state index contributed by atoms with van der Waals surface area (Å²) in [4.78, 5) is 19.5. The molecule has 0 unspecified atom stereocenters. The summed E-state index contributed by atoms with van der Waals surface area (Å²) in [5.74, 6) is 0.511. The van der Waals surface area contributed by atoms with Crippen LogP contribution in [0, 0.1) is 0 Å². The maximum Gasteiger partial charge on any atom is 0.221 e. The molecule has 2 rings (SSSR count). The van der Waals surface area contributed by atoms with Gasteiger partial charge in [0.05, 0.1) is 12.8 Å². The summed E-state index contributed by atoms with van der Waals surface area (Å²) in [5, 5.41) is 0. The first-order chi connectivity index (χ1) is 11.1. The Morgan fingerprint density at radius 2 is 2.00 bits per heavy atom. The highest BCUT2D eigenvalue weighted by atomic mass is 16.5. The zero-order valence-corrected chi connectivity index (χ0v) is 13.7. The summed E-state index contributed by atoms with van der Waals surface area (Å²) in [6.45, 7) is 1.31. The first-order valence-electron chi connectivity index (χ1n) is 7.32. The van der Waals surface area contributed by atoms with Crippen LogP contribution in [0.1, 0.15) is 0 Å². The van der Waals surface area contributed by atoms with Gasteiger partial charge in [0.1, 0.15) is 0 Å². The molecule has 1 aromatic carbocycles. The van der Waals surface area contributed by atoms with Gasteiger partial charge in [-0.05, 0) is 38.4 Å². The van der Waals surface area contributed by atoms with E-state index < -0.39 is 0 Å². The van der Waals surface area contributed by atoms with Gasteiger partial charge < -0.3 is 20.3 Å². The zero-order valence-electron chi connectivity index (χ0n) is 13.7. The third kappa shape index (κ3) is 3.98. The van der Waals surface area contributed by atoms with Gasteiger partial charge in [0.15, 0.2) is 0 Å². The minimum absolute atomic E-state index is 0.511. The van der Waals surface area contributed by atoms with E-state index in [4.69, 9.17) is 10.5 Å². The van der Waals surface area contributed by atoms with Gasteiger partial charge in [-0.3, -0.25) is 4.79 Å². The Hall–Kier alpha value is -2.60. The molecule has 0 bridgehead atoms. The van der Waals surface area contributed by atoms with Gasteiger partial charge in [-0.2, -0.15) is 0 Å². The highest BCUT2D eigenvalue weighted by Gasteiger charge is 2.16. The predicted octanol–water partition coefficient (Wildman–Crippen LogP) is 1.86. The number of likely N-dealkylation sites (N-methyl/N-ethyl adjacent to an activating group) is 1. The van der Waals surface area contributed by atoms with Crippen LogP contribution in [0.4, 0.5) is 11.4 Å². The molecular formula is C17H22N4O2. The topological polar surface area (TPSA) is 71.7 Å². The second-order valence-electron chi connectivity index (χ2n) is 5.44. The largest absolute Gasteiger partial charge is 0.481 e. The molecular weight excluding hydrogens is 292 g/mol. The lowest BCUT2D eigenvalue weighted by molar-refractivity contribution is -0.107. The van der Waals surface area contributed by atoms with Crippen molar-refractivity contribution in [3.63, 3.8) is 0 Å². The number of carbonyl (C=O) groups excluding carboxylic acids is 1. The molecule has 0 aliphatic carbocycles. The number of amides is 1. The predicted molar refractivity (Wildman–Crippen MR) is 92.6 cm³/mol. The van der Waals surface area contributed by atoms with Crippen LogP contribution >= 0.6 is 0 Å². The molecule has 0 aliphatic heterocycles. The molecule has 0 saturated heterocycles. The summed E-state index contributed by atoms with van der Waals surface area (Å²) in [7, 11) is 5.51. The molecule has 0 fully saturated rings. The molecule has 6 heteroatoms. The van der Waals surface area contributed by atoms with Gasteiger partial charge in [-0.15, -0.1) is 0 Å². The van der Waals surface area contributed by atoms with Crippen molar-refractivity contribution in [3.8, 4) is 17.0 Å². The lowest BCUT2D eigenvalue weighted by Crippen LogP contribution is -2.31. The Balaban J connectivity index is 2.50. The first-order valence-corrected chi connectivity index (χ1v) is 7.32. The van der Waals surface area contributed by atoms with Gasteiger partial charge in [-0.1, -0.05) is 6.07 Å². The number of hydrogen-bond acceptors (Lipinski definition) is 5. The maximum absolute atomic E-state index is 11.6. The van der Waals surface area contributed by atoms with Crippen LogP contribution in [0.3, 0.4) is 0 Å². The highest BCUT2D eigenvalue weighted by Crippen LogP contribution is 2.36. The second kappa shape index (κ2) is 7.60. The highest BCUT2D eigenvalue weighted by molar-refractivity contribution is 5.90. The molecule has 1 amide bonds. The summed E-state index contributed by atoms with van der Waals surface area (Å²) in [5.41, 5.74) is 8.95. The fourth-order valence-electron chi connectivity index (χ4n) is 2.31. The van der Waals surface area contributed by atoms with Crippen LogP contribution in [0.5, 0.6) is 5.88 Å². The average molecular weight is 314 g/mol. The molecule has 0 atom stereocenters. The molecule has 0 spiro atoms. The number of hydrogen-bond donors (Lipinski definition) is 1. The summed E-state index contributed by atoms with van der Waals surface area (Å²) < 4.78 is 5.34. The molecule has 2 N–H and O–H groups in total. The van der Waals surface area contributed by atoms with Crippen molar-refractivity contribution < 1.29 is 9.53 Å². The van der Waals surface area contributed by atoms with Gasteiger partial charge in [0.2, 0.25) is 12.3 Å². The van der Waals surface area contributed by atoms with Crippen LogP contribution in [0.2, 0.25) is 0 Å². The van der Waals surface area contributed by atoms with E-state index in [2.05, 4.69) is 4.98 Å². The van der Waals surface area contributed by atoms with Crippen LogP contribution in [-0.2, 0) is 4.79 Å². The number of pyridine rings is 1. The third-order valence-corrected chi connectivity index (χ3v) is 3.50. The number of anilines is 2. The quantitative estimate of drug-likeness (QED) is 0.624. The number of benzene rings is 1. The van der Waals surface area contributed by atoms with E-state index in [1.807, 2.05) is 37.2 Å². The van der Waals surface area contributed by atoms with E-state index in [0.717, 1.165) is 29.8 Å². The number of nitrogen functional groups attached to an aromatic ring is 1. The number of methoxy groups -OCH3 is 1. The van der Waals surface area contributed by atoms with Gasteiger partial charge in [0, 0.05) is 36.1 Å². The molecule has 122 valence electrons. The lowest BCUT2D eigenvalue weighted by atomic mass is 10.0. The van der Waals surface area contributed by atoms with Crippen molar-refractivity contribution in [2.45, 2.75) is 0 Å². The van der Waals surface area contributed by atoms with Crippen molar-refractivity contribution in [3.05, 3.63) is 36.5 Å². The minimum Gasteiger partial charge on any atom is -0.481 e. The fraction of sp³-hybridized carbons (Fsp3) is 0.294. The number of nitrogens with zero attached hydrogens (tertiary/aromatic N) is 3. The number of nitrogens with two attached hydrogens (primary N) is 1. The van der Waals surface area contributed by atoms with Gasteiger partial charge in [0.25, 0.3) is 0 Å². The van der Waals surface area contributed by atoms with E-state index in [9.17, 15) is 4.79 Å². The van der Waals surface area contributed by atoms with Crippen molar-refractivity contribution in [1.82, 2.24) is 9.88 Å². The Bertz CT molecular complexity index is 673. The van der Waals surface area contributed by atoms with E-state index in [0.29, 0.717) is 18.1 Å². The number of carbonyl (C=O) groups is 1. The average Bonchev–Trinajstić information content (AvgIpc) is 2.55. The SMILES string of the molecule is COc1ncccc1-c1ccc(N)cc1N(C=O)CCN(C)C. The number of rotatable bonds is 7. The summed E-state index contributed by atoms with van der Waals surface area (Å²) in [6, 6.07) is 9.24. The van der Waals surface area contributed by atoms with E-state index in [1.54, 1.807) is 30.3 Å². The summed E-state index contributed by atoms with van der Waals surface area (Å²) in [6.07, 6.45) is 2.49. The Morgan fingerprint density at radius 3 is 2.65 bits per heavy atom. The lowest BCUT2D eigenvalue weighted by Gasteiger charge is -2.23. The molecule has 23 heavy (non-hydrogen) atoms. The zero-order chi connectivity index (χ0) is 16.8. The molecule has 0 saturated carbocycles.